The van der Waals surface area contributed by atoms with Gasteiger partial charge in [-0.15, -0.1) is 12.4 Å². The van der Waals surface area contributed by atoms with Gasteiger partial charge in [0.05, 0.1) is 12.1 Å². The molecule has 5 nitrogen and oxygen atoms in total. The number of halogens is 4. The first-order valence-corrected chi connectivity index (χ1v) is 8.67. The lowest BCUT2D eigenvalue weighted by atomic mass is 10.1. The molecule has 2 saturated heterocycles. The number of amides is 2. The quantitative estimate of drug-likeness (QED) is 0.837. The highest BCUT2D eigenvalue weighted by atomic mass is 35.5. The average Bonchev–Trinajstić information content (AvgIpc) is 2.93. The lowest BCUT2D eigenvalue weighted by molar-refractivity contribution is -0.141. The van der Waals surface area contributed by atoms with Gasteiger partial charge in [0, 0.05) is 38.6 Å². The van der Waals surface area contributed by atoms with Gasteiger partial charge in [-0.1, -0.05) is 18.2 Å². The molecule has 0 saturated carbocycles. The number of likely N-dealkylation sites (N-methyl/N-ethyl adjacent to an activating group) is 1. The zero-order valence-electron chi connectivity index (χ0n) is 15.0. The van der Waals surface area contributed by atoms with Crippen LogP contribution in [0.5, 0.6) is 0 Å². The predicted octanol–water partition coefficient (Wildman–Crippen LogP) is 2.44. The molecule has 2 aliphatic heterocycles. The molecular formula is C18H23ClF3N3O2. The highest BCUT2D eigenvalue weighted by Gasteiger charge is 2.35. The van der Waals surface area contributed by atoms with Crippen molar-refractivity contribution in [3.8, 4) is 0 Å². The van der Waals surface area contributed by atoms with Gasteiger partial charge in [-0.25, -0.2) is 0 Å². The minimum Gasteiger partial charge on any atom is -0.340 e. The van der Waals surface area contributed by atoms with Gasteiger partial charge in [-0.2, -0.15) is 13.2 Å². The van der Waals surface area contributed by atoms with Crippen LogP contribution in [0, 0.1) is 0 Å². The Morgan fingerprint density at radius 3 is 2.63 bits per heavy atom. The van der Waals surface area contributed by atoms with E-state index in [2.05, 4.69) is 5.32 Å². The minimum absolute atomic E-state index is 0. The summed E-state index contributed by atoms with van der Waals surface area (Å²) in [4.78, 5) is 27.5. The first-order valence-electron chi connectivity index (χ1n) is 8.67. The molecule has 2 bridgehead atoms. The molecule has 2 atom stereocenters. The Morgan fingerprint density at radius 2 is 1.93 bits per heavy atom. The van der Waals surface area contributed by atoms with Gasteiger partial charge < -0.3 is 15.1 Å². The number of nitrogens with zero attached hydrogens (tertiary/aromatic N) is 2. The van der Waals surface area contributed by atoms with Crippen LogP contribution in [-0.2, 0) is 22.3 Å². The van der Waals surface area contributed by atoms with Crippen molar-refractivity contribution in [2.75, 3.05) is 20.1 Å². The number of carbonyl (C=O) groups excluding carboxylic acids is 2. The average molecular weight is 406 g/mol. The van der Waals surface area contributed by atoms with Gasteiger partial charge in [0.2, 0.25) is 11.8 Å². The number of hydrogen-bond acceptors (Lipinski definition) is 3. The molecule has 0 aromatic heterocycles. The van der Waals surface area contributed by atoms with Crippen molar-refractivity contribution in [3.63, 3.8) is 0 Å². The summed E-state index contributed by atoms with van der Waals surface area (Å²) < 4.78 is 39.3. The Morgan fingerprint density at radius 1 is 1.26 bits per heavy atom. The number of carbonyl (C=O) groups is 2. The van der Waals surface area contributed by atoms with Crippen LogP contribution in [0.3, 0.4) is 0 Å². The van der Waals surface area contributed by atoms with Crippen molar-refractivity contribution >= 4 is 24.2 Å². The zero-order chi connectivity index (χ0) is 18.9. The maximum atomic E-state index is 13.1. The molecule has 150 valence electrons. The molecule has 2 amide bonds. The van der Waals surface area contributed by atoms with Gasteiger partial charge in [0.15, 0.2) is 0 Å². The van der Waals surface area contributed by atoms with E-state index in [4.69, 9.17) is 0 Å². The van der Waals surface area contributed by atoms with Crippen LogP contribution in [0.2, 0.25) is 0 Å². The molecule has 1 N–H and O–H groups in total. The van der Waals surface area contributed by atoms with Crippen molar-refractivity contribution in [2.45, 2.75) is 44.1 Å². The second-order valence-corrected chi connectivity index (χ2v) is 7.02. The highest BCUT2D eigenvalue weighted by molar-refractivity contribution is 5.85. The van der Waals surface area contributed by atoms with Gasteiger partial charge >= 0.3 is 6.18 Å². The highest BCUT2D eigenvalue weighted by Crippen LogP contribution is 2.32. The molecule has 3 rings (SSSR count). The Balaban J connectivity index is 0.00000261. The van der Waals surface area contributed by atoms with E-state index < -0.39 is 11.7 Å². The Kier molecular flexibility index (Phi) is 6.75. The molecule has 0 spiro atoms. The van der Waals surface area contributed by atoms with Crippen LogP contribution in [0.25, 0.3) is 0 Å². The van der Waals surface area contributed by atoms with Gasteiger partial charge in [-0.3, -0.25) is 9.59 Å². The van der Waals surface area contributed by atoms with E-state index in [1.807, 2.05) is 0 Å². The van der Waals surface area contributed by atoms with Crippen molar-refractivity contribution in [1.29, 1.82) is 0 Å². The SMILES string of the molecule is CN(Cc1ccccc1C(F)(F)F)C(=O)CN1C[C@@H]2CC[C@H](CC1=O)N2.Cl. The van der Waals surface area contributed by atoms with Gasteiger partial charge in [-0.05, 0) is 24.5 Å². The number of benzene rings is 1. The topological polar surface area (TPSA) is 52.7 Å². The molecule has 2 heterocycles. The lowest BCUT2D eigenvalue weighted by Gasteiger charge is -2.27. The fourth-order valence-corrected chi connectivity index (χ4v) is 3.63. The van der Waals surface area contributed by atoms with Crippen LogP contribution < -0.4 is 5.32 Å². The fraction of sp³-hybridized carbons (Fsp3) is 0.556. The molecule has 1 aromatic rings. The maximum absolute atomic E-state index is 13.1. The van der Waals surface area contributed by atoms with Crippen molar-refractivity contribution < 1.29 is 22.8 Å². The summed E-state index contributed by atoms with van der Waals surface area (Å²) >= 11 is 0. The molecule has 2 fully saturated rings. The third-order valence-corrected chi connectivity index (χ3v) is 5.03. The standard InChI is InChI=1S/C18H22F3N3O2.ClH/c1-23(9-12-4-2-3-5-15(12)18(19,20)21)17(26)11-24-10-14-7-6-13(22-14)8-16(24)25;/h2-5,13-14,22H,6-11H2,1H3;1H/t13-,14+;/m1./s1. The van der Waals surface area contributed by atoms with E-state index >= 15 is 0 Å². The predicted molar refractivity (Wildman–Crippen MR) is 96.3 cm³/mol. The Hall–Kier alpha value is -1.80. The second kappa shape index (κ2) is 8.48. The first kappa shape index (κ1) is 21.5. The number of rotatable bonds is 4. The molecule has 0 aliphatic carbocycles. The van der Waals surface area contributed by atoms with Crippen LogP contribution in [-0.4, -0.2) is 53.8 Å². The summed E-state index contributed by atoms with van der Waals surface area (Å²) in [7, 11) is 1.46. The smallest absolute Gasteiger partial charge is 0.340 e. The third kappa shape index (κ3) is 5.13. The summed E-state index contributed by atoms with van der Waals surface area (Å²) in [6.45, 7) is 0.212. The van der Waals surface area contributed by atoms with Crippen LogP contribution in [0.1, 0.15) is 30.4 Å². The Labute approximate surface area is 162 Å². The zero-order valence-corrected chi connectivity index (χ0v) is 15.8. The van der Waals surface area contributed by atoms with E-state index in [-0.39, 0.29) is 55.0 Å². The summed E-state index contributed by atoms with van der Waals surface area (Å²) in [5, 5.41) is 3.37. The molecule has 0 unspecified atom stereocenters. The monoisotopic (exact) mass is 405 g/mol. The number of nitrogens with one attached hydrogen (secondary N) is 1. The van der Waals surface area contributed by atoms with Crippen LogP contribution in [0.4, 0.5) is 13.2 Å². The number of likely N-dealkylation sites (tertiary alicyclic amines) is 1. The summed E-state index contributed by atoms with van der Waals surface area (Å²) in [6.07, 6.45) is -2.17. The lowest BCUT2D eigenvalue weighted by Crippen LogP contribution is -2.44. The van der Waals surface area contributed by atoms with Crippen molar-refractivity contribution in [1.82, 2.24) is 15.1 Å². The number of alkyl halides is 3. The Bertz CT molecular complexity index is 699. The molecule has 1 aromatic carbocycles. The van der Waals surface area contributed by atoms with Crippen molar-refractivity contribution in [3.05, 3.63) is 35.4 Å². The van der Waals surface area contributed by atoms with E-state index in [9.17, 15) is 22.8 Å². The fourth-order valence-electron chi connectivity index (χ4n) is 3.63. The van der Waals surface area contributed by atoms with E-state index in [1.165, 1.54) is 35.0 Å². The first-order chi connectivity index (χ1) is 12.2. The summed E-state index contributed by atoms with van der Waals surface area (Å²) in [5.74, 6) is -0.449. The largest absolute Gasteiger partial charge is 0.416 e. The summed E-state index contributed by atoms with van der Waals surface area (Å²) in [5.41, 5.74) is -0.703. The molecule has 9 heteroatoms. The van der Waals surface area contributed by atoms with Crippen LogP contribution >= 0.6 is 12.4 Å². The number of fused-ring (bicyclic) bond motifs is 2. The van der Waals surface area contributed by atoms with E-state index in [1.54, 1.807) is 0 Å². The molecule has 27 heavy (non-hydrogen) atoms. The molecule has 0 radical (unpaired) electrons. The van der Waals surface area contributed by atoms with E-state index in [0.29, 0.717) is 13.0 Å². The normalized spacial score (nSPS) is 22.2. The number of hydrogen-bond donors (Lipinski definition) is 1. The van der Waals surface area contributed by atoms with E-state index in [0.717, 1.165) is 18.9 Å². The van der Waals surface area contributed by atoms with Crippen molar-refractivity contribution in [2.24, 2.45) is 0 Å². The second-order valence-electron chi connectivity index (χ2n) is 7.02. The maximum Gasteiger partial charge on any atom is 0.416 e. The third-order valence-electron chi connectivity index (χ3n) is 5.03. The van der Waals surface area contributed by atoms with Crippen LogP contribution in [0.15, 0.2) is 24.3 Å². The summed E-state index contributed by atoms with van der Waals surface area (Å²) in [6, 6.07) is 5.58. The van der Waals surface area contributed by atoms with Gasteiger partial charge in [0.25, 0.3) is 0 Å². The van der Waals surface area contributed by atoms with Gasteiger partial charge in [0.1, 0.15) is 0 Å². The molecular weight excluding hydrogens is 383 g/mol. The minimum atomic E-state index is -4.47. The molecule has 2 aliphatic rings.